The molecule has 1 fully saturated rings. The van der Waals surface area contributed by atoms with Crippen LogP contribution in [0.3, 0.4) is 0 Å². The molecule has 0 aromatic heterocycles. The summed E-state index contributed by atoms with van der Waals surface area (Å²) in [5.74, 6) is 1.64. The minimum absolute atomic E-state index is 0.272. The van der Waals surface area contributed by atoms with Crippen molar-refractivity contribution in [3.8, 4) is 0 Å². The van der Waals surface area contributed by atoms with Gasteiger partial charge in [-0.25, -0.2) is 0 Å². The van der Waals surface area contributed by atoms with Crippen LogP contribution in [0.25, 0.3) is 0 Å². The lowest BCUT2D eigenvalue weighted by atomic mass is 9.94. The smallest absolute Gasteiger partial charge is 0.0241 e. The molecule has 1 unspecified atom stereocenters. The normalized spacial score (nSPS) is 24.0. The molecule has 3 atom stereocenters. The zero-order valence-corrected chi connectivity index (χ0v) is 9.22. The topological polar surface area (TPSA) is 38.0 Å². The molecular weight excluding hydrogens is 160 g/mol. The summed E-state index contributed by atoms with van der Waals surface area (Å²) in [4.78, 5) is 0. The van der Waals surface area contributed by atoms with Crippen LogP contribution in [0.5, 0.6) is 0 Å². The van der Waals surface area contributed by atoms with Crippen molar-refractivity contribution in [1.29, 1.82) is 0 Å². The summed E-state index contributed by atoms with van der Waals surface area (Å²) in [7, 11) is 0. The Morgan fingerprint density at radius 1 is 1.38 bits per heavy atom. The average Bonchev–Trinajstić information content (AvgIpc) is 2.87. The van der Waals surface area contributed by atoms with Gasteiger partial charge in [0, 0.05) is 12.1 Å². The summed E-state index contributed by atoms with van der Waals surface area (Å²) in [6.07, 6.45) is 4.04. The Balaban J connectivity index is 2.27. The number of hydrogen-bond donors (Lipinski definition) is 2. The van der Waals surface area contributed by atoms with E-state index in [1.165, 1.54) is 25.8 Å². The van der Waals surface area contributed by atoms with Crippen LogP contribution in [0.2, 0.25) is 0 Å². The second-order valence-electron chi connectivity index (χ2n) is 4.62. The quantitative estimate of drug-likeness (QED) is 0.660. The molecular formula is C11H24N2. The van der Waals surface area contributed by atoms with Gasteiger partial charge in [-0.2, -0.15) is 0 Å². The molecule has 2 nitrogen and oxygen atoms in total. The van der Waals surface area contributed by atoms with E-state index in [0.717, 1.165) is 5.92 Å². The molecule has 1 saturated carbocycles. The Kier molecular flexibility index (Phi) is 4.20. The Morgan fingerprint density at radius 3 is 2.38 bits per heavy atom. The molecule has 3 N–H and O–H groups in total. The first-order valence-electron chi connectivity index (χ1n) is 5.64. The molecule has 0 amide bonds. The van der Waals surface area contributed by atoms with Crippen LogP contribution >= 0.6 is 0 Å². The van der Waals surface area contributed by atoms with E-state index >= 15 is 0 Å². The fraction of sp³-hybridized carbons (Fsp3) is 1.00. The average molecular weight is 184 g/mol. The fourth-order valence-corrected chi connectivity index (χ4v) is 1.78. The molecule has 0 spiro atoms. The number of rotatable bonds is 6. The lowest BCUT2D eigenvalue weighted by molar-refractivity contribution is 0.323. The molecule has 0 aromatic carbocycles. The highest BCUT2D eigenvalue weighted by Gasteiger charge is 2.25. The summed E-state index contributed by atoms with van der Waals surface area (Å²) in [6, 6.07) is 0.777. The SMILES string of the molecule is CC[C@@H](C)[C@H](NCC1CC1)C(C)N. The van der Waals surface area contributed by atoms with Gasteiger partial charge in [0.05, 0.1) is 0 Å². The van der Waals surface area contributed by atoms with Crippen molar-refractivity contribution < 1.29 is 0 Å². The Hall–Kier alpha value is -0.0800. The van der Waals surface area contributed by atoms with Crippen molar-refractivity contribution in [2.24, 2.45) is 17.6 Å². The minimum Gasteiger partial charge on any atom is -0.327 e. The zero-order valence-electron chi connectivity index (χ0n) is 9.22. The molecule has 1 aliphatic carbocycles. The monoisotopic (exact) mass is 184 g/mol. The van der Waals surface area contributed by atoms with E-state index in [9.17, 15) is 0 Å². The van der Waals surface area contributed by atoms with Crippen molar-refractivity contribution in [2.45, 2.75) is 52.1 Å². The summed E-state index contributed by atoms with van der Waals surface area (Å²) >= 11 is 0. The molecule has 0 saturated heterocycles. The van der Waals surface area contributed by atoms with Gasteiger partial charge in [-0.3, -0.25) is 0 Å². The Bertz CT molecular complexity index is 141. The molecule has 0 bridgehead atoms. The predicted molar refractivity (Wildman–Crippen MR) is 57.6 cm³/mol. The van der Waals surface area contributed by atoms with Crippen LogP contribution in [-0.4, -0.2) is 18.6 Å². The van der Waals surface area contributed by atoms with Gasteiger partial charge in [-0.15, -0.1) is 0 Å². The number of nitrogens with two attached hydrogens (primary N) is 1. The van der Waals surface area contributed by atoms with Gasteiger partial charge in [-0.05, 0) is 38.1 Å². The van der Waals surface area contributed by atoms with Gasteiger partial charge in [0.1, 0.15) is 0 Å². The third kappa shape index (κ3) is 3.65. The van der Waals surface area contributed by atoms with E-state index in [0.29, 0.717) is 12.0 Å². The molecule has 0 radical (unpaired) electrons. The van der Waals surface area contributed by atoms with Gasteiger partial charge in [-0.1, -0.05) is 20.3 Å². The van der Waals surface area contributed by atoms with E-state index in [4.69, 9.17) is 5.73 Å². The summed E-state index contributed by atoms with van der Waals surface area (Å²) in [5, 5.41) is 3.61. The van der Waals surface area contributed by atoms with Crippen molar-refractivity contribution in [1.82, 2.24) is 5.32 Å². The van der Waals surface area contributed by atoms with Crippen LogP contribution in [0.15, 0.2) is 0 Å². The maximum Gasteiger partial charge on any atom is 0.0241 e. The molecule has 1 aliphatic rings. The van der Waals surface area contributed by atoms with Crippen molar-refractivity contribution in [2.75, 3.05) is 6.54 Å². The van der Waals surface area contributed by atoms with E-state index in [2.05, 4.69) is 26.1 Å². The molecule has 13 heavy (non-hydrogen) atoms. The third-order valence-corrected chi connectivity index (χ3v) is 3.16. The van der Waals surface area contributed by atoms with E-state index in [1.54, 1.807) is 0 Å². The summed E-state index contributed by atoms with van der Waals surface area (Å²) < 4.78 is 0. The maximum absolute atomic E-state index is 5.96. The lowest BCUT2D eigenvalue weighted by Gasteiger charge is -2.27. The molecule has 0 aromatic rings. The second kappa shape index (κ2) is 4.97. The summed E-state index contributed by atoms with van der Waals surface area (Å²) in [6.45, 7) is 7.81. The Labute approximate surface area is 82.3 Å². The fourth-order valence-electron chi connectivity index (χ4n) is 1.78. The van der Waals surface area contributed by atoms with E-state index in [-0.39, 0.29) is 6.04 Å². The van der Waals surface area contributed by atoms with Gasteiger partial charge in [0.25, 0.3) is 0 Å². The zero-order chi connectivity index (χ0) is 9.84. The highest BCUT2D eigenvalue weighted by atomic mass is 15.0. The van der Waals surface area contributed by atoms with Crippen LogP contribution in [-0.2, 0) is 0 Å². The van der Waals surface area contributed by atoms with Crippen molar-refractivity contribution in [3.05, 3.63) is 0 Å². The van der Waals surface area contributed by atoms with Crippen LogP contribution in [0, 0.1) is 11.8 Å². The van der Waals surface area contributed by atoms with Crippen molar-refractivity contribution in [3.63, 3.8) is 0 Å². The van der Waals surface area contributed by atoms with Crippen LogP contribution in [0.4, 0.5) is 0 Å². The first-order valence-corrected chi connectivity index (χ1v) is 5.64. The molecule has 0 aliphatic heterocycles. The largest absolute Gasteiger partial charge is 0.327 e. The molecule has 78 valence electrons. The lowest BCUT2D eigenvalue weighted by Crippen LogP contribution is -2.48. The minimum atomic E-state index is 0.272. The highest BCUT2D eigenvalue weighted by molar-refractivity contribution is 4.84. The highest BCUT2D eigenvalue weighted by Crippen LogP contribution is 2.28. The number of hydrogen-bond acceptors (Lipinski definition) is 2. The van der Waals surface area contributed by atoms with Gasteiger partial charge < -0.3 is 11.1 Å². The van der Waals surface area contributed by atoms with Gasteiger partial charge >= 0.3 is 0 Å². The van der Waals surface area contributed by atoms with E-state index in [1.807, 2.05) is 0 Å². The first kappa shape index (κ1) is 11.0. The van der Waals surface area contributed by atoms with Crippen LogP contribution in [0.1, 0.15) is 40.0 Å². The second-order valence-corrected chi connectivity index (χ2v) is 4.62. The molecule has 2 heteroatoms. The maximum atomic E-state index is 5.96. The standard InChI is InChI=1S/C11H24N2/c1-4-8(2)11(9(3)12)13-7-10-5-6-10/h8-11,13H,4-7,12H2,1-3H3/t8-,9?,11+/m1/s1. The molecule has 1 rings (SSSR count). The number of nitrogens with one attached hydrogen (secondary N) is 1. The van der Waals surface area contributed by atoms with Crippen molar-refractivity contribution >= 4 is 0 Å². The first-order chi connectivity index (χ1) is 6.15. The van der Waals surface area contributed by atoms with Gasteiger partial charge in [0.15, 0.2) is 0 Å². The third-order valence-electron chi connectivity index (χ3n) is 3.16. The summed E-state index contributed by atoms with van der Waals surface area (Å²) in [5.41, 5.74) is 5.96. The Morgan fingerprint density at radius 2 is 2.00 bits per heavy atom. The molecule has 0 heterocycles. The van der Waals surface area contributed by atoms with Crippen LogP contribution < -0.4 is 11.1 Å². The van der Waals surface area contributed by atoms with E-state index < -0.39 is 0 Å². The van der Waals surface area contributed by atoms with Gasteiger partial charge in [0.2, 0.25) is 0 Å². The predicted octanol–water partition coefficient (Wildman–Crippen LogP) is 1.75.